The maximum Gasteiger partial charge on any atom is 0.305 e. The fourth-order valence-corrected chi connectivity index (χ4v) is 13.2. The molecule has 6 heteroatoms. The summed E-state index contributed by atoms with van der Waals surface area (Å²) in [6.45, 7) is 4.97. The van der Waals surface area contributed by atoms with Gasteiger partial charge in [0.1, 0.15) is 0 Å². The largest absolute Gasteiger partial charge is 0.466 e. The number of amides is 1. The van der Waals surface area contributed by atoms with Crippen LogP contribution in [0.1, 0.15) is 470 Å². The predicted molar refractivity (Wildman–Crippen MR) is 393 cm³/mol. The lowest BCUT2D eigenvalue weighted by Gasteiger charge is -2.22. The van der Waals surface area contributed by atoms with E-state index in [4.69, 9.17) is 4.74 Å². The number of hydrogen-bond acceptors (Lipinski definition) is 5. The van der Waals surface area contributed by atoms with E-state index in [0.717, 1.165) is 44.9 Å². The Labute approximate surface area is 558 Å². The minimum atomic E-state index is -0.663. The highest BCUT2D eigenvalue weighted by Crippen LogP contribution is 2.20. The Balaban J connectivity index is 3.34. The molecule has 0 fully saturated rings. The van der Waals surface area contributed by atoms with Crippen molar-refractivity contribution in [2.45, 2.75) is 482 Å². The van der Waals surface area contributed by atoms with E-state index in [2.05, 4.69) is 43.5 Å². The van der Waals surface area contributed by atoms with E-state index in [0.29, 0.717) is 25.9 Å². The first-order valence-electron chi connectivity index (χ1n) is 41.1. The van der Waals surface area contributed by atoms with Gasteiger partial charge < -0.3 is 20.3 Å². The van der Waals surface area contributed by atoms with Crippen LogP contribution in [0.4, 0.5) is 0 Å². The van der Waals surface area contributed by atoms with E-state index in [1.165, 1.54) is 392 Å². The molecule has 0 radical (unpaired) electrons. The van der Waals surface area contributed by atoms with Crippen LogP contribution in [0.25, 0.3) is 0 Å². The molecule has 2 unspecified atom stereocenters. The highest BCUT2D eigenvalue weighted by atomic mass is 16.5. The van der Waals surface area contributed by atoms with Gasteiger partial charge in [0.15, 0.2) is 0 Å². The minimum absolute atomic E-state index is 0.0111. The van der Waals surface area contributed by atoms with Crippen molar-refractivity contribution >= 4 is 11.9 Å². The molecule has 528 valence electrons. The van der Waals surface area contributed by atoms with Crippen LogP contribution in [-0.2, 0) is 14.3 Å². The number of aliphatic hydroxyl groups excluding tert-OH is 2. The molecule has 0 bridgehead atoms. The topological polar surface area (TPSA) is 95.9 Å². The molecule has 89 heavy (non-hydrogen) atoms. The van der Waals surface area contributed by atoms with Crippen molar-refractivity contribution in [2.75, 3.05) is 13.2 Å². The number of ether oxygens (including phenoxy) is 1. The van der Waals surface area contributed by atoms with Gasteiger partial charge in [0.05, 0.1) is 25.4 Å². The van der Waals surface area contributed by atoms with Crippen molar-refractivity contribution in [1.29, 1.82) is 0 Å². The fraction of sp³-hybridized carbons (Fsp3) is 0.928. The molecule has 3 N–H and O–H groups in total. The molecule has 1 amide bonds. The Morgan fingerprint density at radius 3 is 0.831 bits per heavy atom. The second kappa shape index (κ2) is 78.8. The van der Waals surface area contributed by atoms with Crippen molar-refractivity contribution < 1.29 is 24.5 Å². The third-order valence-corrected chi connectivity index (χ3v) is 19.5. The molecule has 0 aromatic heterocycles. The second-order valence-electron chi connectivity index (χ2n) is 28.5. The van der Waals surface area contributed by atoms with E-state index in [-0.39, 0.29) is 18.5 Å². The average molecular weight is 1250 g/mol. The Morgan fingerprint density at radius 1 is 0.303 bits per heavy atom. The third kappa shape index (κ3) is 75.3. The Bertz CT molecular complexity index is 1400. The molecule has 0 aliphatic rings. The lowest BCUT2D eigenvalue weighted by molar-refractivity contribution is -0.143. The average Bonchev–Trinajstić information content (AvgIpc) is 3.68. The van der Waals surface area contributed by atoms with Gasteiger partial charge in [0.25, 0.3) is 0 Å². The van der Waals surface area contributed by atoms with Crippen LogP contribution in [0.5, 0.6) is 0 Å². The van der Waals surface area contributed by atoms with Gasteiger partial charge in [0.2, 0.25) is 5.91 Å². The van der Waals surface area contributed by atoms with Gasteiger partial charge in [-0.25, -0.2) is 0 Å². The van der Waals surface area contributed by atoms with Crippen molar-refractivity contribution in [3.8, 4) is 0 Å². The van der Waals surface area contributed by atoms with E-state index in [1.807, 2.05) is 0 Å². The Hall–Kier alpha value is -1.66. The zero-order valence-electron chi connectivity index (χ0n) is 60.7. The summed E-state index contributed by atoms with van der Waals surface area (Å²) < 4.78 is 5.47. The molecule has 0 aliphatic heterocycles. The summed E-state index contributed by atoms with van der Waals surface area (Å²) in [4.78, 5) is 24.6. The van der Waals surface area contributed by atoms with Gasteiger partial charge in [-0.05, 0) is 70.6 Å². The molecule has 0 saturated carbocycles. The maximum atomic E-state index is 12.6. The molecule has 6 nitrogen and oxygen atoms in total. The number of esters is 1. The van der Waals surface area contributed by atoms with Crippen molar-refractivity contribution in [3.63, 3.8) is 0 Å². The smallest absolute Gasteiger partial charge is 0.305 e. The van der Waals surface area contributed by atoms with Gasteiger partial charge in [-0.2, -0.15) is 0 Å². The molecule has 0 aromatic carbocycles. The first-order chi connectivity index (χ1) is 44.0. The molecule has 0 aromatic rings. The third-order valence-electron chi connectivity index (χ3n) is 19.5. The van der Waals surface area contributed by atoms with Gasteiger partial charge in [-0.1, -0.05) is 411 Å². The summed E-state index contributed by atoms with van der Waals surface area (Å²) in [6.07, 6.45) is 102. The van der Waals surface area contributed by atoms with E-state index >= 15 is 0 Å². The molecular weight excluding hydrogens is 1090 g/mol. The molecular formula is C83H161NO5. The molecule has 0 saturated heterocycles. The number of unbranched alkanes of at least 4 members (excludes halogenated alkanes) is 63. The number of carbonyl (C=O) groups excluding carboxylic acids is 2. The van der Waals surface area contributed by atoms with Crippen molar-refractivity contribution in [2.24, 2.45) is 0 Å². The number of rotatable bonds is 78. The standard InChI is InChI=1S/C83H161NO5/c1-3-5-7-9-11-13-15-16-17-18-19-20-21-37-40-43-46-49-52-56-59-63-67-71-75-81(86)80(79-85)84-82(87)76-72-68-64-60-57-53-50-47-44-41-38-35-33-31-29-27-25-23-22-24-26-28-30-32-34-36-39-42-45-48-51-54-58-62-66-70-74-78-89-83(88)77-73-69-65-61-55-14-12-10-8-6-4-2/h10,12,22,24,80-81,85-86H,3-9,11,13-21,23,25-79H2,1-2H3,(H,84,87)/b12-10-,24-22-. The van der Waals surface area contributed by atoms with Crippen LogP contribution >= 0.6 is 0 Å². The number of nitrogens with one attached hydrogen (secondary N) is 1. The highest BCUT2D eigenvalue weighted by Gasteiger charge is 2.20. The molecule has 0 heterocycles. The fourth-order valence-electron chi connectivity index (χ4n) is 13.2. The van der Waals surface area contributed by atoms with Gasteiger partial charge in [-0.3, -0.25) is 9.59 Å². The van der Waals surface area contributed by atoms with Gasteiger partial charge in [-0.15, -0.1) is 0 Å². The zero-order valence-corrected chi connectivity index (χ0v) is 60.7. The maximum absolute atomic E-state index is 12.6. The number of hydrogen-bond donors (Lipinski definition) is 3. The van der Waals surface area contributed by atoms with E-state index in [1.54, 1.807) is 0 Å². The monoisotopic (exact) mass is 1250 g/mol. The van der Waals surface area contributed by atoms with Crippen LogP contribution < -0.4 is 5.32 Å². The predicted octanol–water partition coefficient (Wildman–Crippen LogP) is 27.2. The second-order valence-corrected chi connectivity index (χ2v) is 28.5. The number of allylic oxidation sites excluding steroid dienone is 4. The Kier molecular flexibility index (Phi) is 77.3. The summed E-state index contributed by atoms with van der Waals surface area (Å²) in [5, 5.41) is 23.5. The van der Waals surface area contributed by atoms with Gasteiger partial charge >= 0.3 is 5.97 Å². The first-order valence-corrected chi connectivity index (χ1v) is 41.1. The summed E-state index contributed by atoms with van der Waals surface area (Å²) in [7, 11) is 0. The molecule has 0 rings (SSSR count). The highest BCUT2D eigenvalue weighted by molar-refractivity contribution is 5.76. The molecule has 0 aliphatic carbocycles. The van der Waals surface area contributed by atoms with Crippen LogP contribution in [0.3, 0.4) is 0 Å². The SMILES string of the molecule is CCCC/C=C\CCCCCCCC(=O)OCCCCCCCCCCCCCCCCCC/C=C\CCCCCCCCCCCCCCCCCCCC(=O)NC(CO)C(O)CCCCCCCCCCCCCCCCCCCCCCCCCC. The van der Waals surface area contributed by atoms with Crippen molar-refractivity contribution in [1.82, 2.24) is 5.32 Å². The summed E-state index contributed by atoms with van der Waals surface area (Å²) in [5.74, 6) is -0.0138. The van der Waals surface area contributed by atoms with Crippen molar-refractivity contribution in [3.05, 3.63) is 24.3 Å². The minimum Gasteiger partial charge on any atom is -0.466 e. The number of aliphatic hydroxyl groups is 2. The van der Waals surface area contributed by atoms with Crippen LogP contribution in [0, 0.1) is 0 Å². The normalized spacial score (nSPS) is 12.5. The van der Waals surface area contributed by atoms with Crippen LogP contribution in [0.15, 0.2) is 24.3 Å². The first kappa shape index (κ1) is 87.3. The van der Waals surface area contributed by atoms with Crippen LogP contribution in [-0.4, -0.2) is 47.4 Å². The quantitative estimate of drug-likeness (QED) is 0.0320. The molecule has 2 atom stereocenters. The van der Waals surface area contributed by atoms with E-state index < -0.39 is 12.1 Å². The lowest BCUT2D eigenvalue weighted by atomic mass is 10.0. The number of carbonyl (C=O) groups is 2. The summed E-state index contributed by atoms with van der Waals surface area (Å²) in [6, 6.07) is -0.540. The lowest BCUT2D eigenvalue weighted by Crippen LogP contribution is -2.45. The Morgan fingerprint density at radius 2 is 0.539 bits per heavy atom. The summed E-state index contributed by atoms with van der Waals surface area (Å²) in [5.41, 5.74) is 0. The zero-order chi connectivity index (χ0) is 64.2. The van der Waals surface area contributed by atoms with Crippen LogP contribution in [0.2, 0.25) is 0 Å². The van der Waals surface area contributed by atoms with E-state index in [9.17, 15) is 19.8 Å². The molecule has 0 spiro atoms. The van der Waals surface area contributed by atoms with Gasteiger partial charge in [0, 0.05) is 12.8 Å². The summed E-state index contributed by atoms with van der Waals surface area (Å²) >= 11 is 0.